The molecule has 0 bridgehead atoms. The van der Waals surface area contributed by atoms with Crippen LogP contribution in [-0.2, 0) is 6.42 Å². The summed E-state index contributed by atoms with van der Waals surface area (Å²) in [5.74, 6) is 0.459. The Balaban J connectivity index is 1.72. The fourth-order valence-corrected chi connectivity index (χ4v) is 3.84. The summed E-state index contributed by atoms with van der Waals surface area (Å²) in [6.45, 7) is 7.85. The zero-order valence-electron chi connectivity index (χ0n) is 17.2. The summed E-state index contributed by atoms with van der Waals surface area (Å²) in [4.78, 5) is 25.8. The summed E-state index contributed by atoms with van der Waals surface area (Å²) < 4.78 is 12.0. The second kappa shape index (κ2) is 7.07. The summed E-state index contributed by atoms with van der Waals surface area (Å²) in [6.07, 6.45) is 1.99. The van der Waals surface area contributed by atoms with Crippen LogP contribution in [0.4, 0.5) is 5.69 Å². The first-order valence-corrected chi connectivity index (χ1v) is 10.0. The molecule has 0 unspecified atom stereocenters. The smallest absolute Gasteiger partial charge is 0.291 e. The van der Waals surface area contributed by atoms with Crippen LogP contribution >= 0.6 is 0 Å². The first-order chi connectivity index (χ1) is 13.8. The lowest BCUT2D eigenvalue weighted by molar-refractivity contribution is 0.0503. The molecule has 1 aliphatic heterocycles. The Morgan fingerprint density at radius 2 is 1.86 bits per heavy atom. The van der Waals surface area contributed by atoms with Gasteiger partial charge in [-0.3, -0.25) is 9.59 Å². The quantitative estimate of drug-likeness (QED) is 0.620. The highest BCUT2D eigenvalue weighted by Gasteiger charge is 2.37. The van der Waals surface area contributed by atoms with Gasteiger partial charge in [-0.2, -0.15) is 0 Å². The fourth-order valence-electron chi connectivity index (χ4n) is 3.84. The Hall–Kier alpha value is -3.08. The van der Waals surface area contributed by atoms with Gasteiger partial charge in [0.1, 0.15) is 16.9 Å². The molecule has 2 heterocycles. The SMILES string of the molecule is CCc1ccc(NC(=O)c2oc3ccc4c(c3c2C)C(=O)C[C@](C)(CC)O4)cc1. The van der Waals surface area contributed by atoms with Gasteiger partial charge in [-0.1, -0.05) is 26.0 Å². The van der Waals surface area contributed by atoms with Crippen molar-refractivity contribution >= 4 is 28.3 Å². The molecule has 1 aliphatic rings. The number of benzene rings is 2. The normalized spacial score (nSPS) is 18.4. The number of fused-ring (bicyclic) bond motifs is 3. The molecule has 150 valence electrons. The van der Waals surface area contributed by atoms with Crippen molar-refractivity contribution in [3.63, 3.8) is 0 Å². The van der Waals surface area contributed by atoms with E-state index in [9.17, 15) is 9.59 Å². The Bertz CT molecular complexity index is 1110. The van der Waals surface area contributed by atoms with E-state index in [1.54, 1.807) is 12.1 Å². The molecule has 1 aromatic heterocycles. The van der Waals surface area contributed by atoms with Crippen LogP contribution in [0.1, 0.15) is 65.7 Å². The van der Waals surface area contributed by atoms with E-state index in [0.29, 0.717) is 40.0 Å². The lowest BCUT2D eigenvalue weighted by Crippen LogP contribution is -2.38. The average molecular weight is 391 g/mol. The number of Topliss-reactive ketones (excluding diaryl/α,β-unsaturated/α-hetero) is 1. The average Bonchev–Trinajstić information content (AvgIpc) is 3.05. The maximum Gasteiger partial charge on any atom is 0.291 e. The molecule has 5 nitrogen and oxygen atoms in total. The van der Waals surface area contributed by atoms with Crippen LogP contribution in [0, 0.1) is 6.92 Å². The Kier molecular flexibility index (Phi) is 4.69. The highest BCUT2D eigenvalue weighted by molar-refractivity contribution is 6.14. The maximum atomic E-state index is 12.9. The topological polar surface area (TPSA) is 68.5 Å². The lowest BCUT2D eigenvalue weighted by atomic mass is 9.87. The third kappa shape index (κ3) is 3.31. The predicted octanol–water partition coefficient (Wildman–Crippen LogP) is 5.69. The minimum Gasteiger partial charge on any atom is -0.486 e. The third-order valence-corrected chi connectivity index (χ3v) is 5.80. The zero-order valence-corrected chi connectivity index (χ0v) is 17.2. The van der Waals surface area contributed by atoms with Gasteiger partial charge in [0.2, 0.25) is 0 Å². The van der Waals surface area contributed by atoms with Crippen LogP contribution in [0.25, 0.3) is 11.0 Å². The van der Waals surface area contributed by atoms with Crippen molar-refractivity contribution in [3.05, 3.63) is 58.8 Å². The van der Waals surface area contributed by atoms with Gasteiger partial charge in [-0.05, 0) is 56.5 Å². The second-order valence-corrected chi connectivity index (χ2v) is 7.88. The molecule has 4 rings (SSSR count). The van der Waals surface area contributed by atoms with Gasteiger partial charge in [0.15, 0.2) is 11.5 Å². The van der Waals surface area contributed by atoms with Gasteiger partial charge in [0.05, 0.1) is 12.0 Å². The van der Waals surface area contributed by atoms with Crippen molar-refractivity contribution in [3.8, 4) is 5.75 Å². The maximum absolute atomic E-state index is 12.9. The van der Waals surface area contributed by atoms with E-state index in [0.717, 1.165) is 12.8 Å². The van der Waals surface area contributed by atoms with Crippen molar-refractivity contribution in [1.29, 1.82) is 0 Å². The number of aryl methyl sites for hydroxylation is 2. The number of anilines is 1. The van der Waals surface area contributed by atoms with Crippen molar-refractivity contribution in [1.82, 2.24) is 0 Å². The number of ketones is 1. The molecule has 0 aliphatic carbocycles. The Labute approximate surface area is 170 Å². The minimum atomic E-state index is -0.500. The van der Waals surface area contributed by atoms with Gasteiger partial charge in [0.25, 0.3) is 5.91 Å². The number of furan rings is 1. The van der Waals surface area contributed by atoms with Crippen molar-refractivity contribution in [2.45, 2.75) is 52.6 Å². The molecule has 1 amide bonds. The van der Waals surface area contributed by atoms with Crippen LogP contribution in [0.15, 0.2) is 40.8 Å². The standard InChI is InChI=1S/C24H25NO4/c1-5-15-7-9-16(10-8-15)25-23(27)22-14(3)20-18(28-22)11-12-19-21(20)17(26)13-24(4,6-2)29-19/h7-12H,5-6,13H2,1-4H3,(H,25,27)/t24-/m0/s1. The van der Waals surface area contributed by atoms with E-state index in [1.807, 2.05) is 45.0 Å². The molecule has 29 heavy (non-hydrogen) atoms. The van der Waals surface area contributed by atoms with E-state index in [-0.39, 0.29) is 17.5 Å². The molecule has 0 spiro atoms. The molecule has 0 saturated carbocycles. The van der Waals surface area contributed by atoms with E-state index in [4.69, 9.17) is 9.15 Å². The summed E-state index contributed by atoms with van der Waals surface area (Å²) in [7, 11) is 0. The number of hydrogen-bond acceptors (Lipinski definition) is 4. The molecular weight excluding hydrogens is 366 g/mol. The Morgan fingerprint density at radius 3 is 2.52 bits per heavy atom. The third-order valence-electron chi connectivity index (χ3n) is 5.80. The van der Waals surface area contributed by atoms with E-state index in [1.165, 1.54) is 5.56 Å². The highest BCUT2D eigenvalue weighted by atomic mass is 16.5. The number of hydrogen-bond donors (Lipinski definition) is 1. The highest BCUT2D eigenvalue weighted by Crippen LogP contribution is 2.41. The first kappa shape index (κ1) is 19.2. The van der Waals surface area contributed by atoms with Crippen molar-refractivity contribution < 1.29 is 18.7 Å². The van der Waals surface area contributed by atoms with Crippen LogP contribution in [0.3, 0.4) is 0 Å². The van der Waals surface area contributed by atoms with Gasteiger partial charge >= 0.3 is 0 Å². The fraction of sp³-hybridized carbons (Fsp3) is 0.333. The number of amides is 1. The lowest BCUT2D eigenvalue weighted by Gasteiger charge is -2.34. The van der Waals surface area contributed by atoms with Crippen molar-refractivity contribution in [2.24, 2.45) is 0 Å². The van der Waals surface area contributed by atoms with Crippen LogP contribution < -0.4 is 10.1 Å². The zero-order chi connectivity index (χ0) is 20.8. The summed E-state index contributed by atoms with van der Waals surface area (Å²) >= 11 is 0. The molecule has 3 aromatic rings. The number of rotatable bonds is 4. The van der Waals surface area contributed by atoms with Crippen LogP contribution in [0.5, 0.6) is 5.75 Å². The Morgan fingerprint density at radius 1 is 1.14 bits per heavy atom. The van der Waals surface area contributed by atoms with E-state index < -0.39 is 5.60 Å². The number of ether oxygens (including phenoxy) is 1. The molecule has 1 N–H and O–H groups in total. The van der Waals surface area contributed by atoms with Crippen LogP contribution in [-0.4, -0.2) is 17.3 Å². The summed E-state index contributed by atoms with van der Waals surface area (Å²) in [6, 6.07) is 11.2. The van der Waals surface area contributed by atoms with Gasteiger partial charge < -0.3 is 14.5 Å². The number of carbonyl (C=O) groups is 2. The van der Waals surface area contributed by atoms with Gasteiger partial charge in [-0.15, -0.1) is 0 Å². The molecular formula is C24H25NO4. The van der Waals surface area contributed by atoms with Gasteiger partial charge in [-0.25, -0.2) is 0 Å². The van der Waals surface area contributed by atoms with E-state index >= 15 is 0 Å². The molecule has 5 heteroatoms. The minimum absolute atomic E-state index is 0.0206. The number of carbonyl (C=O) groups excluding carboxylic acids is 2. The molecule has 0 saturated heterocycles. The molecule has 1 atom stereocenters. The monoisotopic (exact) mass is 391 g/mol. The largest absolute Gasteiger partial charge is 0.486 e. The second-order valence-electron chi connectivity index (χ2n) is 7.88. The summed E-state index contributed by atoms with van der Waals surface area (Å²) in [5.41, 5.74) is 3.09. The molecule has 0 radical (unpaired) electrons. The molecule has 2 aromatic carbocycles. The van der Waals surface area contributed by atoms with Gasteiger partial charge in [0, 0.05) is 16.6 Å². The number of nitrogens with one attached hydrogen (secondary N) is 1. The predicted molar refractivity (Wildman–Crippen MR) is 113 cm³/mol. The van der Waals surface area contributed by atoms with Crippen LogP contribution in [0.2, 0.25) is 0 Å². The van der Waals surface area contributed by atoms with Crippen molar-refractivity contribution in [2.75, 3.05) is 5.32 Å². The molecule has 0 fully saturated rings. The van der Waals surface area contributed by atoms with E-state index in [2.05, 4.69) is 12.2 Å². The first-order valence-electron chi connectivity index (χ1n) is 10.0. The summed E-state index contributed by atoms with van der Waals surface area (Å²) in [5, 5.41) is 3.54.